The highest BCUT2D eigenvalue weighted by atomic mass is 32.2. The predicted octanol–water partition coefficient (Wildman–Crippen LogP) is 4.42. The second-order valence-electron chi connectivity index (χ2n) is 9.07. The van der Waals surface area contributed by atoms with E-state index in [4.69, 9.17) is 14.2 Å². The number of hydrogen-bond acceptors (Lipinski definition) is 6. The van der Waals surface area contributed by atoms with Crippen LogP contribution in [0.4, 0.5) is 5.69 Å². The minimum atomic E-state index is -3.88. The third-order valence-corrected chi connectivity index (χ3v) is 7.86. The van der Waals surface area contributed by atoms with Crippen molar-refractivity contribution in [2.75, 3.05) is 32.1 Å². The highest BCUT2D eigenvalue weighted by Gasteiger charge is 2.39. The van der Waals surface area contributed by atoms with Crippen LogP contribution in [0.1, 0.15) is 27.9 Å². The van der Waals surface area contributed by atoms with Crippen LogP contribution >= 0.6 is 0 Å². The summed E-state index contributed by atoms with van der Waals surface area (Å²) >= 11 is 0. The lowest BCUT2D eigenvalue weighted by Crippen LogP contribution is -2.44. The van der Waals surface area contributed by atoms with E-state index in [1.54, 1.807) is 49.6 Å². The molecule has 0 bridgehead atoms. The Kier molecular flexibility index (Phi) is 8.04. The molecule has 0 radical (unpaired) electrons. The molecule has 1 heterocycles. The van der Waals surface area contributed by atoms with E-state index < -0.39 is 10.0 Å². The first kappa shape index (κ1) is 26.5. The zero-order valence-corrected chi connectivity index (χ0v) is 22.2. The fourth-order valence-corrected chi connectivity index (χ4v) is 5.78. The van der Waals surface area contributed by atoms with Gasteiger partial charge in [0.1, 0.15) is 22.5 Å². The number of nitrogens with one attached hydrogen (secondary N) is 1. The average Bonchev–Trinajstić information content (AvgIpc) is 3.27. The van der Waals surface area contributed by atoms with Crippen molar-refractivity contribution in [3.63, 3.8) is 0 Å². The number of methoxy groups -OCH3 is 2. The molecule has 3 aromatic carbocycles. The number of hydrogen-bond donors (Lipinski definition) is 1. The molecular weight excluding hydrogens is 492 g/mol. The monoisotopic (exact) mass is 524 g/mol. The van der Waals surface area contributed by atoms with Gasteiger partial charge in [-0.3, -0.25) is 9.52 Å². The Bertz CT molecular complexity index is 1370. The Hall–Kier alpha value is -3.56. The molecule has 1 aliphatic heterocycles. The number of carbonyl (C=O) groups excluding carboxylic acids is 1. The predicted molar refractivity (Wildman–Crippen MR) is 142 cm³/mol. The topological polar surface area (TPSA) is 94.2 Å². The first-order valence-electron chi connectivity index (χ1n) is 12.0. The molecule has 37 heavy (non-hydrogen) atoms. The summed E-state index contributed by atoms with van der Waals surface area (Å²) in [6, 6.07) is 18.7. The number of aryl methyl sites for hydroxylation is 2. The molecule has 2 atom stereocenters. The maximum Gasteiger partial charge on any atom is 0.265 e. The summed E-state index contributed by atoms with van der Waals surface area (Å²) in [7, 11) is -0.855. The van der Waals surface area contributed by atoms with E-state index in [2.05, 4.69) is 4.72 Å². The molecule has 4 rings (SSSR count). The van der Waals surface area contributed by atoms with E-state index in [1.807, 2.05) is 36.9 Å². The summed E-state index contributed by atoms with van der Waals surface area (Å²) in [5.41, 5.74) is 2.98. The number of para-hydroxylation sites is 1. The second-order valence-corrected chi connectivity index (χ2v) is 10.7. The molecule has 1 N–H and O–H groups in total. The SMILES string of the molecule is COC[C@H]1[C@@H](Oc2cccc(NS(=O)(=O)c3ccccc3OC)c2)CCN1C(=O)c1cc(C)ccc1C. The number of anilines is 1. The molecule has 0 spiro atoms. The van der Waals surface area contributed by atoms with E-state index in [0.717, 1.165) is 11.1 Å². The van der Waals surface area contributed by atoms with Gasteiger partial charge in [0, 0.05) is 31.7 Å². The molecule has 0 aliphatic carbocycles. The van der Waals surface area contributed by atoms with Crippen molar-refractivity contribution in [1.82, 2.24) is 4.90 Å². The van der Waals surface area contributed by atoms with Crippen LogP contribution < -0.4 is 14.2 Å². The molecule has 1 amide bonds. The highest BCUT2D eigenvalue weighted by molar-refractivity contribution is 7.92. The highest BCUT2D eigenvalue weighted by Crippen LogP contribution is 2.30. The molecule has 9 heteroatoms. The zero-order chi connectivity index (χ0) is 26.6. The Labute approximate surface area is 218 Å². The lowest BCUT2D eigenvalue weighted by Gasteiger charge is -2.28. The maximum atomic E-state index is 13.4. The van der Waals surface area contributed by atoms with Crippen LogP contribution in [0.5, 0.6) is 11.5 Å². The van der Waals surface area contributed by atoms with Crippen LogP contribution in [-0.4, -0.2) is 58.7 Å². The van der Waals surface area contributed by atoms with E-state index in [9.17, 15) is 13.2 Å². The minimum absolute atomic E-state index is 0.0420. The molecule has 0 unspecified atom stereocenters. The number of benzene rings is 3. The molecule has 0 saturated carbocycles. The Morgan fingerprint density at radius 3 is 2.57 bits per heavy atom. The molecule has 3 aromatic rings. The summed E-state index contributed by atoms with van der Waals surface area (Å²) in [5, 5.41) is 0. The smallest absolute Gasteiger partial charge is 0.265 e. The van der Waals surface area contributed by atoms with Crippen molar-refractivity contribution in [1.29, 1.82) is 0 Å². The van der Waals surface area contributed by atoms with Gasteiger partial charge < -0.3 is 19.1 Å². The molecule has 0 aromatic heterocycles. The van der Waals surface area contributed by atoms with Gasteiger partial charge in [-0.15, -0.1) is 0 Å². The van der Waals surface area contributed by atoms with E-state index >= 15 is 0 Å². The lowest BCUT2D eigenvalue weighted by molar-refractivity contribution is 0.0453. The van der Waals surface area contributed by atoms with Crippen molar-refractivity contribution in [2.24, 2.45) is 0 Å². The average molecular weight is 525 g/mol. The number of carbonyl (C=O) groups is 1. The van der Waals surface area contributed by atoms with Crippen molar-refractivity contribution in [3.05, 3.63) is 83.4 Å². The number of amides is 1. The van der Waals surface area contributed by atoms with Crippen LogP contribution in [0.25, 0.3) is 0 Å². The van der Waals surface area contributed by atoms with Gasteiger partial charge in [0.25, 0.3) is 15.9 Å². The largest absolute Gasteiger partial charge is 0.495 e. The fourth-order valence-electron chi connectivity index (χ4n) is 4.56. The van der Waals surface area contributed by atoms with Crippen LogP contribution in [0, 0.1) is 13.8 Å². The standard InChI is InChI=1S/C28H32N2O6S/c1-19-12-13-20(2)23(16-19)28(31)30-15-14-25(24(30)18-34-3)36-22-9-7-8-21(17-22)29-37(32,33)27-11-6-5-10-26(27)35-4/h5-13,16-17,24-25,29H,14-15,18H2,1-4H3/t24-,25-/m0/s1. The number of rotatable bonds is 9. The molecule has 1 aliphatic rings. The van der Waals surface area contributed by atoms with Gasteiger partial charge in [0.15, 0.2) is 0 Å². The van der Waals surface area contributed by atoms with Crippen molar-refractivity contribution >= 4 is 21.6 Å². The van der Waals surface area contributed by atoms with E-state index in [-0.39, 0.29) is 28.7 Å². The number of sulfonamides is 1. The fraction of sp³-hybridized carbons (Fsp3) is 0.321. The third-order valence-electron chi connectivity index (χ3n) is 6.44. The summed E-state index contributed by atoms with van der Waals surface area (Å²) < 4.78 is 45.5. The zero-order valence-electron chi connectivity index (χ0n) is 21.4. The summed E-state index contributed by atoms with van der Waals surface area (Å²) in [4.78, 5) is 15.3. The maximum absolute atomic E-state index is 13.4. The normalized spacial score (nSPS) is 17.5. The summed E-state index contributed by atoms with van der Waals surface area (Å²) in [6.45, 7) is 4.75. The third kappa shape index (κ3) is 5.89. The van der Waals surface area contributed by atoms with Crippen molar-refractivity contribution in [2.45, 2.75) is 37.3 Å². The number of ether oxygens (including phenoxy) is 3. The molecular formula is C28H32N2O6S. The first-order chi connectivity index (χ1) is 17.7. The Morgan fingerprint density at radius 1 is 1.03 bits per heavy atom. The van der Waals surface area contributed by atoms with Gasteiger partial charge in [0.2, 0.25) is 0 Å². The van der Waals surface area contributed by atoms with Crippen molar-refractivity contribution in [3.8, 4) is 11.5 Å². The van der Waals surface area contributed by atoms with Crippen LogP contribution in [0.3, 0.4) is 0 Å². The van der Waals surface area contributed by atoms with Gasteiger partial charge in [-0.1, -0.05) is 35.9 Å². The van der Waals surface area contributed by atoms with Crippen LogP contribution in [-0.2, 0) is 14.8 Å². The van der Waals surface area contributed by atoms with E-state index in [1.165, 1.54) is 13.2 Å². The number of likely N-dealkylation sites (tertiary alicyclic amines) is 1. The summed E-state index contributed by atoms with van der Waals surface area (Å²) in [6.07, 6.45) is 0.317. The van der Waals surface area contributed by atoms with Gasteiger partial charge in [0.05, 0.1) is 25.4 Å². The van der Waals surface area contributed by atoms with E-state index in [0.29, 0.717) is 36.6 Å². The van der Waals surface area contributed by atoms with Crippen molar-refractivity contribution < 1.29 is 27.4 Å². The molecule has 196 valence electrons. The quantitative estimate of drug-likeness (QED) is 0.445. The van der Waals surface area contributed by atoms with Gasteiger partial charge in [-0.2, -0.15) is 0 Å². The molecule has 1 fully saturated rings. The van der Waals surface area contributed by atoms with Gasteiger partial charge >= 0.3 is 0 Å². The first-order valence-corrected chi connectivity index (χ1v) is 13.5. The van der Waals surface area contributed by atoms with Gasteiger partial charge in [-0.05, 0) is 49.7 Å². The Balaban J connectivity index is 1.52. The van der Waals surface area contributed by atoms with Crippen LogP contribution in [0.2, 0.25) is 0 Å². The second kappa shape index (κ2) is 11.2. The molecule has 1 saturated heterocycles. The minimum Gasteiger partial charge on any atom is -0.495 e. The van der Waals surface area contributed by atoms with Gasteiger partial charge in [-0.25, -0.2) is 8.42 Å². The number of nitrogens with zero attached hydrogens (tertiary/aromatic N) is 1. The Morgan fingerprint density at radius 2 is 1.81 bits per heavy atom. The molecule has 8 nitrogen and oxygen atoms in total. The lowest BCUT2D eigenvalue weighted by atomic mass is 10.0. The van der Waals surface area contributed by atoms with Crippen LogP contribution in [0.15, 0.2) is 71.6 Å². The summed E-state index contributed by atoms with van der Waals surface area (Å²) in [5.74, 6) is 0.699.